The molecule has 0 unspecified atom stereocenters. The lowest BCUT2D eigenvalue weighted by atomic mass is 10.1. The third kappa shape index (κ3) is 4.40. The molecule has 0 saturated carbocycles. The average molecular weight is 481 g/mol. The lowest BCUT2D eigenvalue weighted by molar-refractivity contribution is -0.120. The summed E-state index contributed by atoms with van der Waals surface area (Å²) in [4.78, 5) is 44.9. The molecule has 2 heterocycles. The van der Waals surface area contributed by atoms with Crippen molar-refractivity contribution >= 4 is 57.2 Å². The molecule has 1 aliphatic rings. The number of nitrogens with zero attached hydrogens (tertiary/aromatic N) is 2. The Morgan fingerprint density at radius 1 is 1.03 bits per heavy atom. The summed E-state index contributed by atoms with van der Waals surface area (Å²) < 4.78 is 0. The topological polar surface area (TPSA) is 91.4 Å². The molecule has 168 valence electrons. The summed E-state index contributed by atoms with van der Waals surface area (Å²) in [7, 11) is 0. The molecule has 7 nitrogen and oxygen atoms in total. The molecule has 1 aliphatic heterocycles. The Morgan fingerprint density at radius 2 is 1.79 bits per heavy atom. The predicted molar refractivity (Wildman–Crippen MR) is 131 cm³/mol. The average Bonchev–Trinajstić information content (AvgIpc) is 3.19. The molecular formula is C24H21ClN4O3S. The monoisotopic (exact) mass is 480 g/mol. The molecule has 2 N–H and O–H groups in total. The number of aryl methyl sites for hydroxylation is 4. The quantitative estimate of drug-likeness (QED) is 0.498. The number of halogens is 1. The number of hydrogen-bond acceptors (Lipinski definition) is 6. The van der Waals surface area contributed by atoms with Gasteiger partial charge in [-0.3, -0.25) is 19.7 Å². The van der Waals surface area contributed by atoms with Crippen molar-refractivity contribution in [2.24, 2.45) is 0 Å². The number of nitrogens with one attached hydrogen (secondary N) is 2. The molecule has 33 heavy (non-hydrogen) atoms. The van der Waals surface area contributed by atoms with E-state index < -0.39 is 11.8 Å². The van der Waals surface area contributed by atoms with Gasteiger partial charge in [0, 0.05) is 16.1 Å². The van der Waals surface area contributed by atoms with E-state index in [4.69, 9.17) is 11.6 Å². The number of amides is 3. The minimum absolute atomic E-state index is 0.0367. The molecule has 9 heteroatoms. The normalized spacial score (nSPS) is 13.7. The second-order valence-electron chi connectivity index (χ2n) is 7.75. The van der Waals surface area contributed by atoms with Gasteiger partial charge in [0.15, 0.2) is 5.13 Å². The molecule has 3 aromatic rings. The fraction of sp³-hybridized carbons (Fsp3) is 0.167. The molecule has 0 aliphatic carbocycles. The van der Waals surface area contributed by atoms with Gasteiger partial charge >= 0.3 is 0 Å². The number of aromatic nitrogens is 1. The Hall–Kier alpha value is -3.49. The number of carbonyl (C=O) groups is 3. The van der Waals surface area contributed by atoms with Crippen molar-refractivity contribution in [1.82, 2.24) is 4.98 Å². The molecule has 0 bridgehead atoms. The second kappa shape index (κ2) is 8.80. The van der Waals surface area contributed by atoms with E-state index in [0.717, 1.165) is 26.6 Å². The third-order valence-corrected chi connectivity index (χ3v) is 6.60. The van der Waals surface area contributed by atoms with Crippen molar-refractivity contribution < 1.29 is 14.4 Å². The lowest BCUT2D eigenvalue weighted by Crippen LogP contribution is -2.32. The van der Waals surface area contributed by atoms with Crippen molar-refractivity contribution in [3.63, 3.8) is 0 Å². The minimum Gasteiger partial charge on any atom is -0.350 e. The van der Waals surface area contributed by atoms with Gasteiger partial charge in [0.05, 0.1) is 11.4 Å². The van der Waals surface area contributed by atoms with Gasteiger partial charge in [0.1, 0.15) is 10.7 Å². The SMILES string of the molecule is Cc1ccc(N2C(=O)C(Cl)=C(Nc3cccc(C(=O)Nc4nc(C)c(C)s4)c3)C2=O)c(C)c1. The van der Waals surface area contributed by atoms with E-state index in [2.05, 4.69) is 15.6 Å². The van der Waals surface area contributed by atoms with Gasteiger partial charge in [-0.15, -0.1) is 11.3 Å². The van der Waals surface area contributed by atoms with Gasteiger partial charge in [-0.2, -0.15) is 0 Å². The molecule has 0 radical (unpaired) electrons. The standard InChI is InChI=1S/C24H21ClN4O3S/c1-12-8-9-18(13(2)10-12)29-22(31)19(25)20(23(29)32)27-17-7-5-6-16(11-17)21(30)28-24-26-14(3)15(4)33-24/h5-11,27H,1-4H3,(H,26,28,30). The maximum atomic E-state index is 13.1. The molecule has 0 atom stereocenters. The fourth-order valence-corrected chi connectivity index (χ4v) is 4.49. The summed E-state index contributed by atoms with van der Waals surface area (Å²) in [5.41, 5.74) is 3.93. The van der Waals surface area contributed by atoms with E-state index in [1.165, 1.54) is 11.3 Å². The Kier molecular flexibility index (Phi) is 6.05. The summed E-state index contributed by atoms with van der Waals surface area (Å²) >= 11 is 7.64. The van der Waals surface area contributed by atoms with Gasteiger partial charge in [0.2, 0.25) is 0 Å². The molecule has 2 aromatic carbocycles. The zero-order valence-electron chi connectivity index (χ0n) is 18.4. The first-order valence-corrected chi connectivity index (χ1v) is 11.3. The molecular weight excluding hydrogens is 460 g/mol. The fourth-order valence-electron chi connectivity index (χ4n) is 3.46. The highest BCUT2D eigenvalue weighted by molar-refractivity contribution is 7.15. The molecule has 0 spiro atoms. The highest BCUT2D eigenvalue weighted by atomic mass is 35.5. The molecule has 0 saturated heterocycles. The Morgan fingerprint density at radius 3 is 2.45 bits per heavy atom. The van der Waals surface area contributed by atoms with Crippen molar-refractivity contribution in [3.05, 3.63) is 80.5 Å². The zero-order valence-corrected chi connectivity index (χ0v) is 20.0. The highest BCUT2D eigenvalue weighted by Gasteiger charge is 2.39. The largest absolute Gasteiger partial charge is 0.350 e. The summed E-state index contributed by atoms with van der Waals surface area (Å²) in [6, 6.07) is 12.0. The van der Waals surface area contributed by atoms with Crippen molar-refractivity contribution in [1.29, 1.82) is 0 Å². The van der Waals surface area contributed by atoms with Crippen molar-refractivity contribution in [2.45, 2.75) is 27.7 Å². The lowest BCUT2D eigenvalue weighted by Gasteiger charge is -2.18. The third-order valence-electron chi connectivity index (χ3n) is 5.26. The maximum absolute atomic E-state index is 13.1. The number of imide groups is 1. The van der Waals surface area contributed by atoms with Crippen LogP contribution in [0.2, 0.25) is 0 Å². The molecule has 4 rings (SSSR count). The predicted octanol–water partition coefficient (Wildman–Crippen LogP) is 5.06. The smallest absolute Gasteiger partial charge is 0.283 e. The Balaban J connectivity index is 1.55. The molecule has 1 aromatic heterocycles. The number of thiazole rings is 1. The van der Waals surface area contributed by atoms with Crippen molar-refractivity contribution in [2.75, 3.05) is 15.5 Å². The summed E-state index contributed by atoms with van der Waals surface area (Å²) in [5, 5.41) is 6.00. The zero-order chi connectivity index (χ0) is 23.9. The molecule has 3 amide bonds. The molecule has 0 fully saturated rings. The second-order valence-corrected chi connectivity index (χ2v) is 9.33. The van der Waals surface area contributed by atoms with E-state index >= 15 is 0 Å². The Labute approximate surface area is 200 Å². The van der Waals surface area contributed by atoms with Crippen LogP contribution in [0.3, 0.4) is 0 Å². The van der Waals surface area contributed by atoms with Crippen LogP contribution in [0.1, 0.15) is 32.1 Å². The first-order chi connectivity index (χ1) is 15.7. The van der Waals surface area contributed by atoms with E-state index in [1.807, 2.05) is 39.8 Å². The van der Waals surface area contributed by atoms with E-state index in [1.54, 1.807) is 30.3 Å². The van der Waals surface area contributed by atoms with Crippen LogP contribution in [0.4, 0.5) is 16.5 Å². The summed E-state index contributed by atoms with van der Waals surface area (Å²) in [6.45, 7) is 7.58. The number of hydrogen-bond donors (Lipinski definition) is 2. The first-order valence-electron chi connectivity index (χ1n) is 10.1. The maximum Gasteiger partial charge on any atom is 0.283 e. The van der Waals surface area contributed by atoms with Crippen LogP contribution >= 0.6 is 22.9 Å². The van der Waals surface area contributed by atoms with Gasteiger partial charge in [-0.05, 0) is 57.5 Å². The number of anilines is 3. The van der Waals surface area contributed by atoms with Crippen molar-refractivity contribution in [3.8, 4) is 0 Å². The van der Waals surface area contributed by atoms with Crippen LogP contribution in [0.5, 0.6) is 0 Å². The summed E-state index contributed by atoms with van der Waals surface area (Å²) in [6.07, 6.45) is 0. The van der Waals surface area contributed by atoms with E-state index in [-0.39, 0.29) is 16.6 Å². The van der Waals surface area contributed by atoms with Crippen LogP contribution in [0.25, 0.3) is 0 Å². The minimum atomic E-state index is -0.598. The van der Waals surface area contributed by atoms with Gasteiger partial charge < -0.3 is 5.32 Å². The first kappa shape index (κ1) is 22.7. The Bertz CT molecular complexity index is 1330. The van der Waals surface area contributed by atoms with Crippen LogP contribution in [0, 0.1) is 27.7 Å². The van der Waals surface area contributed by atoms with Crippen LogP contribution in [-0.4, -0.2) is 22.7 Å². The number of carbonyl (C=O) groups excluding carboxylic acids is 3. The summed E-state index contributed by atoms with van der Waals surface area (Å²) in [5.74, 6) is -1.49. The van der Waals surface area contributed by atoms with Gasteiger partial charge in [0.25, 0.3) is 17.7 Å². The number of rotatable bonds is 5. The number of benzene rings is 2. The van der Waals surface area contributed by atoms with Crippen LogP contribution in [-0.2, 0) is 9.59 Å². The van der Waals surface area contributed by atoms with E-state index in [9.17, 15) is 14.4 Å². The highest BCUT2D eigenvalue weighted by Crippen LogP contribution is 2.32. The van der Waals surface area contributed by atoms with E-state index in [0.29, 0.717) is 22.1 Å². The van der Waals surface area contributed by atoms with Crippen LogP contribution < -0.4 is 15.5 Å². The van der Waals surface area contributed by atoms with Gasteiger partial charge in [-0.1, -0.05) is 35.4 Å². The van der Waals surface area contributed by atoms with Crippen LogP contribution in [0.15, 0.2) is 53.2 Å². The van der Waals surface area contributed by atoms with Gasteiger partial charge in [-0.25, -0.2) is 9.88 Å².